The molecule has 4 heteroatoms. The van der Waals surface area contributed by atoms with Gasteiger partial charge in [-0.3, -0.25) is 10.1 Å². The molecular weight excluding hydrogens is 298 g/mol. The van der Waals surface area contributed by atoms with Crippen LogP contribution >= 0.6 is 0 Å². The first-order valence-corrected chi connectivity index (χ1v) is 8.12. The molecule has 0 atom stereocenters. The fraction of sp³-hybridized carbons (Fsp3) is 0.200. The molecule has 0 spiro atoms. The SMILES string of the molecule is CC(C)C(=O)Nc1nc(-c2ccccc2)c(Cc2ccccc2)[nH]1. The maximum Gasteiger partial charge on any atom is 0.229 e. The summed E-state index contributed by atoms with van der Waals surface area (Å²) in [4.78, 5) is 19.8. The molecule has 0 aliphatic carbocycles. The van der Waals surface area contributed by atoms with E-state index >= 15 is 0 Å². The smallest absolute Gasteiger partial charge is 0.229 e. The van der Waals surface area contributed by atoms with E-state index in [0.717, 1.165) is 23.4 Å². The number of anilines is 1. The Bertz CT molecular complexity index is 807. The van der Waals surface area contributed by atoms with Crippen molar-refractivity contribution in [3.05, 3.63) is 71.9 Å². The number of aromatic amines is 1. The van der Waals surface area contributed by atoms with Crippen molar-refractivity contribution in [2.75, 3.05) is 5.32 Å². The predicted molar refractivity (Wildman–Crippen MR) is 96.7 cm³/mol. The monoisotopic (exact) mass is 319 g/mol. The Morgan fingerprint density at radius 3 is 2.29 bits per heavy atom. The Morgan fingerprint density at radius 1 is 1.04 bits per heavy atom. The number of benzene rings is 2. The van der Waals surface area contributed by atoms with E-state index in [-0.39, 0.29) is 11.8 Å². The Morgan fingerprint density at radius 2 is 1.67 bits per heavy atom. The summed E-state index contributed by atoms with van der Waals surface area (Å²) in [5.74, 6) is 0.362. The van der Waals surface area contributed by atoms with Crippen LogP contribution in [0.1, 0.15) is 25.1 Å². The van der Waals surface area contributed by atoms with E-state index in [4.69, 9.17) is 0 Å². The zero-order valence-corrected chi connectivity index (χ0v) is 13.9. The lowest BCUT2D eigenvalue weighted by Gasteiger charge is -2.04. The van der Waals surface area contributed by atoms with Crippen molar-refractivity contribution in [3.8, 4) is 11.3 Å². The van der Waals surface area contributed by atoms with Gasteiger partial charge < -0.3 is 4.98 Å². The van der Waals surface area contributed by atoms with Gasteiger partial charge in [0.25, 0.3) is 0 Å². The van der Waals surface area contributed by atoms with Gasteiger partial charge in [-0.05, 0) is 5.56 Å². The van der Waals surface area contributed by atoms with E-state index in [2.05, 4.69) is 27.4 Å². The third kappa shape index (κ3) is 3.71. The van der Waals surface area contributed by atoms with Crippen LogP contribution in [0.25, 0.3) is 11.3 Å². The first kappa shape index (κ1) is 16.0. The van der Waals surface area contributed by atoms with Crippen molar-refractivity contribution in [1.29, 1.82) is 0 Å². The van der Waals surface area contributed by atoms with E-state index in [1.54, 1.807) is 0 Å². The van der Waals surface area contributed by atoms with Crippen LogP contribution in [0.3, 0.4) is 0 Å². The number of rotatable bonds is 5. The van der Waals surface area contributed by atoms with Crippen molar-refractivity contribution in [2.45, 2.75) is 20.3 Å². The van der Waals surface area contributed by atoms with Gasteiger partial charge in [-0.15, -0.1) is 0 Å². The zero-order valence-electron chi connectivity index (χ0n) is 13.9. The molecule has 1 aromatic heterocycles. The van der Waals surface area contributed by atoms with Crippen molar-refractivity contribution in [2.24, 2.45) is 5.92 Å². The summed E-state index contributed by atoms with van der Waals surface area (Å²) in [6.07, 6.45) is 0.732. The van der Waals surface area contributed by atoms with Gasteiger partial charge in [0.05, 0.1) is 5.69 Å². The fourth-order valence-corrected chi connectivity index (χ4v) is 2.49. The number of hydrogen-bond acceptors (Lipinski definition) is 2. The molecule has 1 amide bonds. The second kappa shape index (κ2) is 7.13. The van der Waals surface area contributed by atoms with Crippen molar-refractivity contribution in [3.63, 3.8) is 0 Å². The quantitative estimate of drug-likeness (QED) is 0.738. The molecule has 0 radical (unpaired) electrons. The molecule has 1 heterocycles. The minimum absolute atomic E-state index is 0.0466. The number of amides is 1. The molecule has 0 fully saturated rings. The third-order valence-corrected chi connectivity index (χ3v) is 3.82. The highest BCUT2D eigenvalue weighted by Gasteiger charge is 2.15. The first-order chi connectivity index (χ1) is 11.6. The topological polar surface area (TPSA) is 57.8 Å². The number of nitrogens with one attached hydrogen (secondary N) is 2. The van der Waals surface area contributed by atoms with Gasteiger partial charge in [0, 0.05) is 23.6 Å². The second-order valence-electron chi connectivity index (χ2n) is 6.08. The largest absolute Gasteiger partial charge is 0.327 e. The van der Waals surface area contributed by atoms with E-state index in [1.165, 1.54) is 5.56 Å². The number of nitrogens with zero attached hydrogens (tertiary/aromatic N) is 1. The Balaban J connectivity index is 1.95. The van der Waals surface area contributed by atoms with Crippen LogP contribution in [-0.2, 0) is 11.2 Å². The minimum atomic E-state index is -0.0900. The lowest BCUT2D eigenvalue weighted by molar-refractivity contribution is -0.118. The Kier molecular flexibility index (Phi) is 4.75. The summed E-state index contributed by atoms with van der Waals surface area (Å²) >= 11 is 0. The lowest BCUT2D eigenvalue weighted by Crippen LogP contribution is -2.18. The predicted octanol–water partition coefficient (Wildman–Crippen LogP) is 4.26. The van der Waals surface area contributed by atoms with Gasteiger partial charge >= 0.3 is 0 Å². The number of H-pyrrole nitrogens is 1. The van der Waals surface area contributed by atoms with Gasteiger partial charge in [0.15, 0.2) is 0 Å². The van der Waals surface area contributed by atoms with Crippen molar-refractivity contribution in [1.82, 2.24) is 9.97 Å². The molecule has 0 saturated heterocycles. The minimum Gasteiger partial charge on any atom is -0.327 e. The average molecular weight is 319 g/mol. The molecule has 3 rings (SSSR count). The van der Waals surface area contributed by atoms with Crippen molar-refractivity contribution >= 4 is 11.9 Å². The lowest BCUT2D eigenvalue weighted by atomic mass is 10.0. The van der Waals surface area contributed by atoms with E-state index < -0.39 is 0 Å². The van der Waals surface area contributed by atoms with Gasteiger partial charge in [-0.1, -0.05) is 74.5 Å². The van der Waals surface area contributed by atoms with E-state index in [9.17, 15) is 4.79 Å². The molecule has 0 bridgehead atoms. The molecule has 2 aromatic carbocycles. The normalized spacial score (nSPS) is 10.8. The number of aromatic nitrogens is 2. The third-order valence-electron chi connectivity index (χ3n) is 3.82. The molecule has 3 aromatic rings. The molecule has 24 heavy (non-hydrogen) atoms. The zero-order chi connectivity index (χ0) is 16.9. The van der Waals surface area contributed by atoms with Crippen LogP contribution < -0.4 is 5.32 Å². The van der Waals surface area contributed by atoms with Crippen LogP contribution in [0.2, 0.25) is 0 Å². The summed E-state index contributed by atoms with van der Waals surface area (Å²) in [5.41, 5.74) is 4.09. The highest BCUT2D eigenvalue weighted by atomic mass is 16.1. The summed E-state index contributed by atoms with van der Waals surface area (Å²) in [5, 5.41) is 2.85. The van der Waals surface area contributed by atoms with Gasteiger partial charge in [-0.25, -0.2) is 4.98 Å². The number of imidazole rings is 1. The summed E-state index contributed by atoms with van der Waals surface area (Å²) in [6, 6.07) is 20.2. The van der Waals surface area contributed by atoms with Crippen LogP contribution in [0, 0.1) is 5.92 Å². The van der Waals surface area contributed by atoms with E-state index in [0.29, 0.717) is 5.95 Å². The first-order valence-electron chi connectivity index (χ1n) is 8.12. The molecule has 0 unspecified atom stereocenters. The molecule has 0 aliphatic rings. The molecule has 4 nitrogen and oxygen atoms in total. The summed E-state index contributed by atoms with van der Waals surface area (Å²) in [6.45, 7) is 3.72. The standard InChI is InChI=1S/C20H21N3O/c1-14(2)19(24)23-20-21-17(13-15-9-5-3-6-10-15)18(22-20)16-11-7-4-8-12-16/h3-12,14H,13H2,1-2H3,(H2,21,22,23,24). The highest BCUT2D eigenvalue weighted by molar-refractivity contribution is 5.90. The summed E-state index contributed by atoms with van der Waals surface area (Å²) < 4.78 is 0. The number of hydrogen-bond donors (Lipinski definition) is 2. The Labute approximate surface area is 142 Å². The fourth-order valence-electron chi connectivity index (χ4n) is 2.49. The van der Waals surface area contributed by atoms with Crippen molar-refractivity contribution < 1.29 is 4.79 Å². The van der Waals surface area contributed by atoms with Crippen LogP contribution in [-0.4, -0.2) is 15.9 Å². The number of carbonyl (C=O) groups is 1. The molecular formula is C20H21N3O. The Hall–Kier alpha value is -2.88. The van der Waals surface area contributed by atoms with Gasteiger partial charge in [0.2, 0.25) is 11.9 Å². The van der Waals surface area contributed by atoms with Gasteiger partial charge in [-0.2, -0.15) is 0 Å². The number of carbonyl (C=O) groups excluding carboxylic acids is 1. The van der Waals surface area contributed by atoms with Gasteiger partial charge in [0.1, 0.15) is 0 Å². The summed E-state index contributed by atoms with van der Waals surface area (Å²) in [7, 11) is 0. The highest BCUT2D eigenvalue weighted by Crippen LogP contribution is 2.25. The van der Waals surface area contributed by atoms with Crippen LogP contribution in [0.15, 0.2) is 60.7 Å². The van der Waals surface area contributed by atoms with E-state index in [1.807, 2.05) is 62.4 Å². The second-order valence-corrected chi connectivity index (χ2v) is 6.08. The van der Waals surface area contributed by atoms with Crippen LogP contribution in [0.4, 0.5) is 5.95 Å². The van der Waals surface area contributed by atoms with Crippen LogP contribution in [0.5, 0.6) is 0 Å². The molecule has 122 valence electrons. The molecule has 0 aliphatic heterocycles. The molecule has 2 N–H and O–H groups in total. The average Bonchev–Trinajstić information content (AvgIpc) is 2.98. The maximum absolute atomic E-state index is 12.0. The maximum atomic E-state index is 12.0. The molecule has 0 saturated carbocycles.